The molecule has 0 fully saturated rings. The van der Waals surface area contributed by atoms with Crippen LogP contribution in [0.25, 0.3) is 56.0 Å². The average molecular weight is 627 g/mol. The predicted molar refractivity (Wildman–Crippen MR) is 198 cm³/mol. The first-order chi connectivity index (χ1) is 24.3. The summed E-state index contributed by atoms with van der Waals surface area (Å²) in [5.41, 5.74) is 13.8. The van der Waals surface area contributed by atoms with E-state index in [0.717, 1.165) is 39.7 Å². The minimum atomic E-state index is -0.464. The largest absolute Gasteiger partial charge is 0.457 e. The molecule has 7 aromatic carbocycles. The van der Waals surface area contributed by atoms with Gasteiger partial charge in [-0.25, -0.2) is 0 Å². The molecule has 0 saturated carbocycles. The highest BCUT2D eigenvalue weighted by atomic mass is 16.5. The maximum absolute atomic E-state index is 6.69. The lowest BCUT2D eigenvalue weighted by Gasteiger charge is -2.39. The highest BCUT2D eigenvalue weighted by Gasteiger charge is 2.50. The van der Waals surface area contributed by atoms with Crippen molar-refractivity contribution in [1.82, 2.24) is 0 Å². The van der Waals surface area contributed by atoms with Gasteiger partial charge in [0.05, 0.1) is 5.41 Å². The highest BCUT2D eigenvalue weighted by Crippen LogP contribution is 2.62. The predicted octanol–water partition coefficient (Wildman–Crippen LogP) is 12.4. The fraction of sp³-hybridized carbons (Fsp3) is 0.0213. The second-order valence-corrected chi connectivity index (χ2v) is 12.8. The summed E-state index contributed by atoms with van der Waals surface area (Å²) in [5, 5.41) is 0. The van der Waals surface area contributed by atoms with Gasteiger partial charge in [-0.3, -0.25) is 0 Å². The Hall–Kier alpha value is -6.38. The van der Waals surface area contributed by atoms with E-state index in [-0.39, 0.29) is 0 Å². The molecule has 1 aromatic heterocycles. The number of para-hydroxylation sites is 1. The lowest BCUT2D eigenvalue weighted by atomic mass is 9.66. The number of hydrogen-bond donors (Lipinski definition) is 0. The van der Waals surface area contributed by atoms with Crippen molar-refractivity contribution in [2.45, 2.75) is 5.41 Å². The standard InChI is InChI=1S/C47H30O2/c1-2-10-31(11-3-1)32-18-20-33(21-19-32)34-22-24-35(25-23-34)43-28-29-44(48-43)36-26-27-42-46(30-36)49-45-17-9-8-16-41(45)47(42)39-14-6-4-12-37(39)38-13-5-7-15-40(38)47/h1-30H. The fourth-order valence-electron chi connectivity index (χ4n) is 7.98. The second kappa shape index (κ2) is 10.8. The molecule has 49 heavy (non-hydrogen) atoms. The molecular formula is C47H30O2. The Morgan fingerprint density at radius 2 is 0.755 bits per heavy atom. The molecule has 0 atom stereocenters. The summed E-state index contributed by atoms with van der Waals surface area (Å²) in [5.74, 6) is 3.37. The van der Waals surface area contributed by atoms with E-state index in [0.29, 0.717) is 0 Å². The Morgan fingerprint density at radius 1 is 0.306 bits per heavy atom. The van der Waals surface area contributed by atoms with E-state index in [1.54, 1.807) is 0 Å². The SMILES string of the molecule is c1ccc(-c2ccc(-c3ccc(-c4ccc(-c5ccc6c(c5)Oc5ccccc5C65c6ccccc6-c6ccccc65)o4)cc3)cc2)cc1. The van der Waals surface area contributed by atoms with Gasteiger partial charge in [-0.2, -0.15) is 0 Å². The van der Waals surface area contributed by atoms with Crippen LogP contribution in [0.4, 0.5) is 0 Å². The van der Waals surface area contributed by atoms with E-state index in [1.165, 1.54) is 50.1 Å². The van der Waals surface area contributed by atoms with Crippen LogP contribution in [0.1, 0.15) is 22.3 Å². The van der Waals surface area contributed by atoms with Gasteiger partial charge in [-0.1, -0.05) is 158 Å². The number of fused-ring (bicyclic) bond motifs is 9. The monoisotopic (exact) mass is 626 g/mol. The molecule has 0 N–H and O–H groups in total. The van der Waals surface area contributed by atoms with Crippen LogP contribution < -0.4 is 4.74 Å². The van der Waals surface area contributed by atoms with Crippen molar-refractivity contribution in [1.29, 1.82) is 0 Å². The summed E-state index contributed by atoms with van der Waals surface area (Å²) in [6.45, 7) is 0. The molecule has 10 rings (SSSR count). The molecule has 0 unspecified atom stereocenters. The topological polar surface area (TPSA) is 22.4 Å². The Balaban J connectivity index is 0.996. The zero-order valence-electron chi connectivity index (χ0n) is 26.6. The van der Waals surface area contributed by atoms with Crippen molar-refractivity contribution in [3.63, 3.8) is 0 Å². The maximum Gasteiger partial charge on any atom is 0.134 e. The molecule has 2 heteroatoms. The third-order valence-electron chi connectivity index (χ3n) is 10.2. The van der Waals surface area contributed by atoms with E-state index < -0.39 is 5.41 Å². The van der Waals surface area contributed by atoms with Crippen molar-refractivity contribution in [2.75, 3.05) is 0 Å². The molecule has 8 aromatic rings. The van der Waals surface area contributed by atoms with Crippen molar-refractivity contribution in [2.24, 2.45) is 0 Å². The summed E-state index contributed by atoms with van der Waals surface area (Å²) in [7, 11) is 0. The number of hydrogen-bond acceptors (Lipinski definition) is 2. The molecule has 2 nitrogen and oxygen atoms in total. The van der Waals surface area contributed by atoms with Gasteiger partial charge in [-0.05, 0) is 68.8 Å². The molecule has 1 aliphatic carbocycles. The molecule has 0 bridgehead atoms. The van der Waals surface area contributed by atoms with E-state index in [2.05, 4.69) is 176 Å². The number of ether oxygens (including phenoxy) is 1. The van der Waals surface area contributed by atoms with Crippen LogP contribution in [0.3, 0.4) is 0 Å². The first kappa shape index (κ1) is 27.7. The van der Waals surface area contributed by atoms with Crippen LogP contribution in [0.5, 0.6) is 11.5 Å². The van der Waals surface area contributed by atoms with E-state index >= 15 is 0 Å². The first-order valence-electron chi connectivity index (χ1n) is 16.8. The zero-order valence-corrected chi connectivity index (χ0v) is 26.6. The highest BCUT2D eigenvalue weighted by molar-refractivity contribution is 5.89. The van der Waals surface area contributed by atoms with Crippen molar-refractivity contribution < 1.29 is 9.15 Å². The van der Waals surface area contributed by atoms with Gasteiger partial charge in [0.1, 0.15) is 23.0 Å². The van der Waals surface area contributed by atoms with Gasteiger partial charge in [0, 0.05) is 22.3 Å². The molecule has 1 aliphatic heterocycles. The quantitative estimate of drug-likeness (QED) is 0.194. The number of furan rings is 1. The summed E-state index contributed by atoms with van der Waals surface area (Å²) < 4.78 is 13.2. The van der Waals surface area contributed by atoms with E-state index in [1.807, 2.05) is 6.07 Å². The second-order valence-electron chi connectivity index (χ2n) is 12.8. The van der Waals surface area contributed by atoms with Crippen LogP contribution in [-0.2, 0) is 5.41 Å². The Morgan fingerprint density at radius 3 is 1.39 bits per heavy atom. The molecule has 0 saturated heterocycles. The Bertz CT molecular complexity index is 2460. The van der Waals surface area contributed by atoms with Gasteiger partial charge < -0.3 is 9.15 Å². The van der Waals surface area contributed by atoms with Gasteiger partial charge in [0.15, 0.2) is 0 Å². The molecule has 0 amide bonds. The normalized spacial score (nSPS) is 13.2. The molecule has 2 heterocycles. The fourth-order valence-corrected chi connectivity index (χ4v) is 7.98. The van der Waals surface area contributed by atoms with Crippen LogP contribution in [0.15, 0.2) is 186 Å². The van der Waals surface area contributed by atoms with E-state index in [9.17, 15) is 0 Å². The Labute approximate surface area is 285 Å². The summed E-state index contributed by atoms with van der Waals surface area (Å²) in [4.78, 5) is 0. The molecular weight excluding hydrogens is 597 g/mol. The average Bonchev–Trinajstić information content (AvgIpc) is 3.78. The summed E-state index contributed by atoms with van der Waals surface area (Å²) in [6.07, 6.45) is 0. The number of rotatable bonds is 4. The van der Waals surface area contributed by atoms with Crippen molar-refractivity contribution in [3.05, 3.63) is 204 Å². The van der Waals surface area contributed by atoms with Crippen molar-refractivity contribution >= 4 is 0 Å². The number of benzene rings is 7. The van der Waals surface area contributed by atoms with Crippen LogP contribution in [0.2, 0.25) is 0 Å². The minimum absolute atomic E-state index is 0.464. The van der Waals surface area contributed by atoms with Crippen LogP contribution >= 0.6 is 0 Å². The van der Waals surface area contributed by atoms with Gasteiger partial charge in [0.2, 0.25) is 0 Å². The first-order valence-corrected chi connectivity index (χ1v) is 16.8. The molecule has 1 spiro atoms. The maximum atomic E-state index is 6.69. The molecule has 230 valence electrons. The summed E-state index contributed by atoms with van der Waals surface area (Å²) >= 11 is 0. The smallest absolute Gasteiger partial charge is 0.134 e. The Kier molecular flexibility index (Phi) is 6.13. The zero-order chi connectivity index (χ0) is 32.4. The third kappa shape index (κ3) is 4.21. The van der Waals surface area contributed by atoms with Crippen LogP contribution in [0, 0.1) is 0 Å². The lowest BCUT2D eigenvalue weighted by molar-refractivity contribution is 0.436. The van der Waals surface area contributed by atoms with Crippen LogP contribution in [-0.4, -0.2) is 0 Å². The summed E-state index contributed by atoms with van der Waals surface area (Å²) in [6, 6.07) is 64.6. The lowest BCUT2D eigenvalue weighted by Crippen LogP contribution is -2.32. The van der Waals surface area contributed by atoms with Gasteiger partial charge >= 0.3 is 0 Å². The van der Waals surface area contributed by atoms with Gasteiger partial charge in [-0.15, -0.1) is 0 Å². The minimum Gasteiger partial charge on any atom is -0.457 e. The van der Waals surface area contributed by atoms with E-state index in [4.69, 9.17) is 9.15 Å². The molecule has 2 aliphatic rings. The van der Waals surface area contributed by atoms with Gasteiger partial charge in [0.25, 0.3) is 0 Å². The third-order valence-corrected chi connectivity index (χ3v) is 10.2. The molecule has 0 radical (unpaired) electrons. The van der Waals surface area contributed by atoms with Crippen molar-refractivity contribution in [3.8, 4) is 67.5 Å².